The maximum atomic E-state index is 12.7. The van der Waals surface area contributed by atoms with Crippen LogP contribution in [0, 0.1) is 11.8 Å². The number of anilines is 2. The summed E-state index contributed by atoms with van der Waals surface area (Å²) in [5.41, 5.74) is 0.866. The normalized spacial score (nSPS) is 19.8. The molecule has 2 aromatic carbocycles. The van der Waals surface area contributed by atoms with Crippen molar-refractivity contribution < 1.29 is 23.9 Å². The molecular formula is C23H19ClN2O5. The van der Waals surface area contributed by atoms with E-state index in [1.807, 2.05) is 12.2 Å². The molecule has 31 heavy (non-hydrogen) atoms. The largest absolute Gasteiger partial charge is 0.452 e. The van der Waals surface area contributed by atoms with Crippen molar-refractivity contribution in [3.63, 3.8) is 0 Å². The van der Waals surface area contributed by atoms with E-state index in [4.69, 9.17) is 16.3 Å². The van der Waals surface area contributed by atoms with Crippen LogP contribution in [-0.2, 0) is 19.1 Å². The molecule has 7 nitrogen and oxygen atoms in total. The van der Waals surface area contributed by atoms with Gasteiger partial charge in [-0.1, -0.05) is 42.0 Å². The first kappa shape index (κ1) is 20.8. The fourth-order valence-electron chi connectivity index (χ4n) is 3.79. The van der Waals surface area contributed by atoms with Crippen molar-refractivity contribution in [2.45, 2.75) is 12.8 Å². The van der Waals surface area contributed by atoms with E-state index >= 15 is 0 Å². The van der Waals surface area contributed by atoms with Crippen LogP contribution >= 0.6 is 11.6 Å². The standard InChI is InChI=1S/C23H19ClN2O5/c24-18-10-3-4-11-19(18)25-20(27)13-31-23(30)14-6-5-7-15(12-14)26-21(28)16-8-1-2-9-17(16)22(26)29/h1-7,10-12,16-17H,8-9,13H2,(H,25,27)/t16-,17-/m0/s1. The number of amides is 3. The highest BCUT2D eigenvalue weighted by Crippen LogP contribution is 2.37. The van der Waals surface area contributed by atoms with Gasteiger partial charge in [-0.05, 0) is 43.2 Å². The van der Waals surface area contributed by atoms with Gasteiger partial charge in [0.05, 0.1) is 33.8 Å². The maximum Gasteiger partial charge on any atom is 0.338 e. The lowest BCUT2D eigenvalue weighted by Crippen LogP contribution is -2.31. The van der Waals surface area contributed by atoms with Gasteiger partial charge in [-0.25, -0.2) is 4.79 Å². The van der Waals surface area contributed by atoms with Gasteiger partial charge >= 0.3 is 5.97 Å². The topological polar surface area (TPSA) is 92.8 Å². The predicted molar refractivity (Wildman–Crippen MR) is 115 cm³/mol. The molecule has 2 aliphatic rings. The van der Waals surface area contributed by atoms with Crippen molar-refractivity contribution in [1.29, 1.82) is 0 Å². The SMILES string of the molecule is O=C(COC(=O)c1cccc(N2C(=O)[C@H]3CC=CC[C@@H]3C2=O)c1)Nc1ccccc1Cl. The van der Waals surface area contributed by atoms with Crippen LogP contribution in [-0.4, -0.2) is 30.3 Å². The molecule has 0 radical (unpaired) electrons. The van der Waals surface area contributed by atoms with Crippen molar-refractivity contribution in [3.8, 4) is 0 Å². The van der Waals surface area contributed by atoms with Gasteiger partial charge in [0, 0.05) is 0 Å². The molecule has 1 heterocycles. The number of imide groups is 1. The zero-order valence-electron chi connectivity index (χ0n) is 16.4. The molecular weight excluding hydrogens is 420 g/mol. The van der Waals surface area contributed by atoms with Crippen LogP contribution in [0.15, 0.2) is 60.7 Å². The Bertz CT molecular complexity index is 1070. The molecule has 2 aromatic rings. The number of carbonyl (C=O) groups is 4. The smallest absolute Gasteiger partial charge is 0.338 e. The summed E-state index contributed by atoms with van der Waals surface area (Å²) in [6, 6.07) is 12.8. The van der Waals surface area contributed by atoms with Crippen molar-refractivity contribution in [2.24, 2.45) is 11.8 Å². The third kappa shape index (κ3) is 4.22. The molecule has 1 aliphatic heterocycles. The number of carbonyl (C=O) groups excluding carboxylic acids is 4. The van der Waals surface area contributed by atoms with Crippen molar-refractivity contribution >= 4 is 46.7 Å². The van der Waals surface area contributed by atoms with E-state index in [9.17, 15) is 19.2 Å². The summed E-state index contributed by atoms with van der Waals surface area (Å²) in [4.78, 5) is 51.1. The highest BCUT2D eigenvalue weighted by Gasteiger charge is 2.47. The number of rotatable bonds is 5. The van der Waals surface area contributed by atoms with E-state index in [1.165, 1.54) is 12.1 Å². The van der Waals surface area contributed by atoms with Crippen molar-refractivity contribution in [2.75, 3.05) is 16.8 Å². The number of halogens is 1. The molecule has 1 saturated heterocycles. The van der Waals surface area contributed by atoms with Crippen molar-refractivity contribution in [1.82, 2.24) is 0 Å². The number of benzene rings is 2. The van der Waals surface area contributed by atoms with Gasteiger partial charge in [0.2, 0.25) is 11.8 Å². The Morgan fingerprint density at radius 3 is 2.35 bits per heavy atom. The molecule has 8 heteroatoms. The van der Waals surface area contributed by atoms with Crippen LogP contribution in [0.1, 0.15) is 23.2 Å². The molecule has 1 N–H and O–H groups in total. The highest BCUT2D eigenvalue weighted by molar-refractivity contribution is 6.33. The summed E-state index contributed by atoms with van der Waals surface area (Å²) >= 11 is 5.99. The monoisotopic (exact) mass is 438 g/mol. The number of nitrogens with one attached hydrogen (secondary N) is 1. The Balaban J connectivity index is 1.42. The van der Waals surface area contributed by atoms with Crippen LogP contribution in [0.3, 0.4) is 0 Å². The summed E-state index contributed by atoms with van der Waals surface area (Å²) in [5, 5.41) is 2.93. The van der Waals surface area contributed by atoms with E-state index in [0.717, 1.165) is 4.90 Å². The summed E-state index contributed by atoms with van der Waals surface area (Å²) in [6.45, 7) is -0.508. The minimum absolute atomic E-state index is 0.136. The number of esters is 1. The van der Waals surface area contributed by atoms with Crippen LogP contribution in [0.5, 0.6) is 0 Å². The fourth-order valence-corrected chi connectivity index (χ4v) is 3.97. The number of fused-ring (bicyclic) bond motifs is 1. The van der Waals surface area contributed by atoms with E-state index in [-0.39, 0.29) is 29.2 Å². The molecule has 1 fully saturated rings. The summed E-state index contributed by atoms with van der Waals surface area (Å²) < 4.78 is 5.08. The molecule has 0 saturated carbocycles. The first-order chi connectivity index (χ1) is 15.0. The molecule has 0 unspecified atom stereocenters. The summed E-state index contributed by atoms with van der Waals surface area (Å²) in [7, 11) is 0. The first-order valence-corrected chi connectivity index (χ1v) is 10.2. The Kier molecular flexibility index (Phi) is 5.86. The number of allylic oxidation sites excluding steroid dienone is 2. The summed E-state index contributed by atoms with van der Waals surface area (Å²) in [5.74, 6) is -2.52. The highest BCUT2D eigenvalue weighted by atomic mass is 35.5. The maximum absolute atomic E-state index is 12.7. The Morgan fingerprint density at radius 2 is 1.68 bits per heavy atom. The first-order valence-electron chi connectivity index (χ1n) is 9.80. The fraction of sp³-hybridized carbons (Fsp3) is 0.217. The number of nitrogens with zero attached hydrogens (tertiary/aromatic N) is 1. The van der Waals surface area contributed by atoms with E-state index in [1.54, 1.807) is 36.4 Å². The van der Waals surface area contributed by atoms with Crippen LogP contribution < -0.4 is 10.2 Å². The third-order valence-electron chi connectivity index (χ3n) is 5.33. The quantitative estimate of drug-likeness (QED) is 0.437. The van der Waals surface area contributed by atoms with E-state index in [0.29, 0.717) is 29.2 Å². The Labute approximate surface area is 183 Å². The molecule has 2 atom stereocenters. The minimum atomic E-state index is -0.741. The summed E-state index contributed by atoms with van der Waals surface area (Å²) in [6.07, 6.45) is 4.90. The molecule has 158 valence electrons. The van der Waals surface area contributed by atoms with E-state index in [2.05, 4.69) is 5.32 Å². The average Bonchev–Trinajstić information content (AvgIpc) is 3.04. The number of hydrogen-bond acceptors (Lipinski definition) is 5. The lowest BCUT2D eigenvalue weighted by atomic mass is 9.85. The number of hydrogen-bond donors (Lipinski definition) is 1. The van der Waals surface area contributed by atoms with E-state index < -0.39 is 18.5 Å². The zero-order chi connectivity index (χ0) is 22.0. The lowest BCUT2D eigenvalue weighted by molar-refractivity contribution is -0.122. The second-order valence-corrected chi connectivity index (χ2v) is 7.73. The van der Waals surface area contributed by atoms with Crippen LogP contribution in [0.4, 0.5) is 11.4 Å². The van der Waals surface area contributed by atoms with Crippen LogP contribution in [0.25, 0.3) is 0 Å². The van der Waals surface area contributed by atoms with Gasteiger partial charge in [0.15, 0.2) is 6.61 Å². The van der Waals surface area contributed by atoms with Gasteiger partial charge in [0.25, 0.3) is 5.91 Å². The van der Waals surface area contributed by atoms with Gasteiger partial charge < -0.3 is 10.1 Å². The molecule has 4 rings (SSSR count). The van der Waals surface area contributed by atoms with Gasteiger partial charge in [-0.3, -0.25) is 19.3 Å². The zero-order valence-corrected chi connectivity index (χ0v) is 17.2. The lowest BCUT2D eigenvalue weighted by Gasteiger charge is -2.15. The molecule has 1 aliphatic carbocycles. The number of ether oxygens (including phenoxy) is 1. The van der Waals surface area contributed by atoms with Crippen LogP contribution in [0.2, 0.25) is 5.02 Å². The Morgan fingerprint density at radius 1 is 1.00 bits per heavy atom. The average molecular weight is 439 g/mol. The Hall–Kier alpha value is -3.45. The minimum Gasteiger partial charge on any atom is -0.452 e. The molecule has 3 amide bonds. The second-order valence-electron chi connectivity index (χ2n) is 7.32. The van der Waals surface area contributed by atoms with Crippen molar-refractivity contribution in [3.05, 3.63) is 71.3 Å². The van der Waals surface area contributed by atoms with Gasteiger partial charge in [-0.15, -0.1) is 0 Å². The molecule has 0 spiro atoms. The third-order valence-corrected chi connectivity index (χ3v) is 5.66. The number of para-hydroxylation sites is 1. The van der Waals surface area contributed by atoms with Gasteiger partial charge in [0.1, 0.15) is 0 Å². The van der Waals surface area contributed by atoms with Gasteiger partial charge in [-0.2, -0.15) is 0 Å². The predicted octanol–water partition coefficient (Wildman–Crippen LogP) is 3.59. The second kappa shape index (κ2) is 8.73. The molecule has 0 bridgehead atoms. The molecule has 0 aromatic heterocycles.